The van der Waals surface area contributed by atoms with Crippen molar-refractivity contribution in [3.63, 3.8) is 0 Å². The number of benzene rings is 1. The molecule has 2 rings (SSSR count). The zero-order valence-electron chi connectivity index (χ0n) is 8.35. The minimum Gasteiger partial charge on any atom is -0.399 e. The van der Waals surface area contributed by atoms with Gasteiger partial charge in [0.1, 0.15) is 0 Å². The third-order valence-corrected chi connectivity index (χ3v) is 2.49. The van der Waals surface area contributed by atoms with E-state index in [1.54, 1.807) is 36.5 Å². The van der Waals surface area contributed by atoms with Crippen LogP contribution in [0.25, 0.3) is 0 Å². The van der Waals surface area contributed by atoms with Gasteiger partial charge in [-0.15, -0.1) is 0 Å². The van der Waals surface area contributed by atoms with E-state index < -0.39 is 0 Å². The quantitative estimate of drug-likeness (QED) is 0.640. The van der Waals surface area contributed by atoms with Gasteiger partial charge in [0.05, 0.1) is 5.02 Å². The molecule has 0 amide bonds. The third-order valence-electron chi connectivity index (χ3n) is 2.16. The van der Waals surface area contributed by atoms with Crippen LogP contribution in [0.4, 0.5) is 5.69 Å². The van der Waals surface area contributed by atoms with Crippen LogP contribution >= 0.6 is 11.6 Å². The Morgan fingerprint density at radius 3 is 2.81 bits per heavy atom. The molecule has 2 aromatic rings. The van der Waals surface area contributed by atoms with Gasteiger partial charge in [0.15, 0.2) is 5.78 Å². The number of halogens is 1. The molecular formula is C12H9ClN2O. The summed E-state index contributed by atoms with van der Waals surface area (Å²) in [5.74, 6) is -0.176. The van der Waals surface area contributed by atoms with Crippen molar-refractivity contribution >= 4 is 23.1 Å². The summed E-state index contributed by atoms with van der Waals surface area (Å²) >= 11 is 5.94. The van der Waals surface area contributed by atoms with Crippen LogP contribution in [0.15, 0.2) is 42.7 Å². The van der Waals surface area contributed by atoms with E-state index in [-0.39, 0.29) is 5.78 Å². The highest BCUT2D eigenvalue weighted by Gasteiger charge is 2.12. The average molecular weight is 233 g/mol. The third kappa shape index (κ3) is 2.04. The van der Waals surface area contributed by atoms with Gasteiger partial charge in [-0.05, 0) is 30.3 Å². The van der Waals surface area contributed by atoms with Crippen molar-refractivity contribution in [2.75, 3.05) is 5.73 Å². The van der Waals surface area contributed by atoms with Crippen molar-refractivity contribution in [2.45, 2.75) is 0 Å². The maximum absolute atomic E-state index is 12.0. The number of pyridine rings is 1. The number of hydrogen-bond acceptors (Lipinski definition) is 3. The molecule has 3 nitrogen and oxygen atoms in total. The van der Waals surface area contributed by atoms with E-state index in [4.69, 9.17) is 17.3 Å². The zero-order valence-corrected chi connectivity index (χ0v) is 9.11. The van der Waals surface area contributed by atoms with Crippen molar-refractivity contribution in [2.24, 2.45) is 0 Å². The Morgan fingerprint density at radius 1 is 1.31 bits per heavy atom. The lowest BCUT2D eigenvalue weighted by atomic mass is 10.0. The molecule has 0 radical (unpaired) electrons. The minimum atomic E-state index is -0.176. The molecule has 0 fully saturated rings. The first-order chi connectivity index (χ1) is 7.68. The minimum absolute atomic E-state index is 0.176. The first kappa shape index (κ1) is 10.6. The predicted molar refractivity (Wildman–Crippen MR) is 63.5 cm³/mol. The van der Waals surface area contributed by atoms with Crippen LogP contribution in [0.5, 0.6) is 0 Å². The molecule has 2 N–H and O–H groups in total. The van der Waals surface area contributed by atoms with Crippen molar-refractivity contribution in [3.05, 3.63) is 58.9 Å². The number of aromatic nitrogens is 1. The lowest BCUT2D eigenvalue weighted by Gasteiger charge is -2.04. The van der Waals surface area contributed by atoms with Gasteiger partial charge in [0.25, 0.3) is 0 Å². The second-order valence-corrected chi connectivity index (χ2v) is 3.72. The largest absolute Gasteiger partial charge is 0.399 e. The second kappa shape index (κ2) is 4.33. The lowest BCUT2D eigenvalue weighted by Crippen LogP contribution is -2.03. The topological polar surface area (TPSA) is 56.0 Å². The number of rotatable bonds is 2. The Labute approximate surface area is 97.9 Å². The molecule has 0 aliphatic rings. The van der Waals surface area contributed by atoms with Crippen molar-refractivity contribution < 1.29 is 4.79 Å². The first-order valence-corrected chi connectivity index (χ1v) is 5.06. The Kier molecular flexibility index (Phi) is 2.88. The van der Waals surface area contributed by atoms with E-state index in [1.165, 1.54) is 6.20 Å². The van der Waals surface area contributed by atoms with Crippen molar-refractivity contribution in [3.8, 4) is 0 Å². The molecule has 0 saturated carbocycles. The predicted octanol–water partition coefficient (Wildman–Crippen LogP) is 2.55. The standard InChI is InChI=1S/C12H9ClN2O/c13-11-4-3-9(14)6-10(11)12(16)8-2-1-5-15-7-8/h1-7H,14H2. The molecule has 0 bridgehead atoms. The van der Waals surface area contributed by atoms with Gasteiger partial charge in [-0.25, -0.2) is 0 Å². The number of nitrogens with zero attached hydrogens (tertiary/aromatic N) is 1. The normalized spacial score (nSPS) is 10.1. The summed E-state index contributed by atoms with van der Waals surface area (Å²) < 4.78 is 0. The highest BCUT2D eigenvalue weighted by molar-refractivity contribution is 6.35. The summed E-state index contributed by atoms with van der Waals surface area (Å²) in [5.41, 5.74) is 7.02. The highest BCUT2D eigenvalue weighted by atomic mass is 35.5. The molecule has 0 unspecified atom stereocenters. The molecule has 0 aliphatic carbocycles. The summed E-state index contributed by atoms with van der Waals surface area (Å²) in [5, 5.41) is 0.392. The van der Waals surface area contributed by atoms with Gasteiger partial charge in [-0.3, -0.25) is 9.78 Å². The summed E-state index contributed by atoms with van der Waals surface area (Å²) in [7, 11) is 0. The SMILES string of the molecule is Nc1ccc(Cl)c(C(=O)c2cccnc2)c1. The van der Waals surface area contributed by atoms with Crippen LogP contribution in [-0.2, 0) is 0 Å². The van der Waals surface area contributed by atoms with Crippen molar-refractivity contribution in [1.29, 1.82) is 0 Å². The zero-order chi connectivity index (χ0) is 11.5. The molecule has 4 heteroatoms. The van der Waals surface area contributed by atoms with E-state index in [2.05, 4.69) is 4.98 Å². The molecule has 0 saturated heterocycles. The molecule has 0 atom stereocenters. The molecular weight excluding hydrogens is 224 g/mol. The van der Waals surface area contributed by atoms with E-state index in [0.29, 0.717) is 21.8 Å². The highest BCUT2D eigenvalue weighted by Crippen LogP contribution is 2.21. The van der Waals surface area contributed by atoms with Gasteiger partial charge in [0, 0.05) is 29.2 Å². The average Bonchev–Trinajstić information content (AvgIpc) is 2.32. The van der Waals surface area contributed by atoms with E-state index in [9.17, 15) is 4.79 Å². The molecule has 0 spiro atoms. The number of nitrogen functional groups attached to an aromatic ring is 1. The fourth-order valence-corrected chi connectivity index (χ4v) is 1.57. The van der Waals surface area contributed by atoms with Gasteiger partial charge in [0.2, 0.25) is 0 Å². The van der Waals surface area contributed by atoms with Crippen LogP contribution in [0.3, 0.4) is 0 Å². The van der Waals surface area contributed by atoms with Crippen LogP contribution in [0.2, 0.25) is 5.02 Å². The Hall–Kier alpha value is -1.87. The van der Waals surface area contributed by atoms with Gasteiger partial charge in [-0.2, -0.15) is 0 Å². The summed E-state index contributed by atoms with van der Waals surface area (Å²) in [6, 6.07) is 8.23. The number of carbonyl (C=O) groups is 1. The second-order valence-electron chi connectivity index (χ2n) is 3.31. The Balaban J connectivity index is 2.46. The Morgan fingerprint density at radius 2 is 2.12 bits per heavy atom. The van der Waals surface area contributed by atoms with Crippen LogP contribution in [0.1, 0.15) is 15.9 Å². The molecule has 1 aromatic carbocycles. The van der Waals surface area contributed by atoms with Crippen LogP contribution in [0, 0.1) is 0 Å². The molecule has 80 valence electrons. The maximum atomic E-state index is 12.0. The number of anilines is 1. The number of carbonyl (C=O) groups excluding carboxylic acids is 1. The van der Waals surface area contributed by atoms with Crippen LogP contribution in [-0.4, -0.2) is 10.8 Å². The molecule has 1 heterocycles. The Bertz CT molecular complexity index is 526. The maximum Gasteiger partial charge on any atom is 0.196 e. The summed E-state index contributed by atoms with van der Waals surface area (Å²) in [4.78, 5) is 15.9. The van der Waals surface area contributed by atoms with E-state index in [0.717, 1.165) is 0 Å². The van der Waals surface area contributed by atoms with Gasteiger partial charge >= 0.3 is 0 Å². The monoisotopic (exact) mass is 232 g/mol. The smallest absolute Gasteiger partial charge is 0.196 e. The first-order valence-electron chi connectivity index (χ1n) is 4.68. The molecule has 1 aromatic heterocycles. The summed E-state index contributed by atoms with van der Waals surface area (Å²) in [6.07, 6.45) is 3.11. The van der Waals surface area contributed by atoms with E-state index in [1.807, 2.05) is 0 Å². The van der Waals surface area contributed by atoms with Crippen molar-refractivity contribution in [1.82, 2.24) is 4.98 Å². The summed E-state index contributed by atoms with van der Waals surface area (Å²) in [6.45, 7) is 0. The lowest BCUT2D eigenvalue weighted by molar-refractivity contribution is 0.103. The molecule has 16 heavy (non-hydrogen) atoms. The van der Waals surface area contributed by atoms with Gasteiger partial charge in [-0.1, -0.05) is 11.6 Å². The van der Waals surface area contributed by atoms with Gasteiger partial charge < -0.3 is 5.73 Å². The molecule has 0 aliphatic heterocycles. The fraction of sp³-hybridized carbons (Fsp3) is 0. The fourth-order valence-electron chi connectivity index (χ4n) is 1.37. The van der Waals surface area contributed by atoms with Crippen LogP contribution < -0.4 is 5.73 Å². The number of nitrogens with two attached hydrogens (primary N) is 1. The number of ketones is 1. The number of hydrogen-bond donors (Lipinski definition) is 1. The van der Waals surface area contributed by atoms with E-state index >= 15 is 0 Å².